The van der Waals surface area contributed by atoms with E-state index in [1.54, 1.807) is 36.4 Å². The van der Waals surface area contributed by atoms with Crippen LogP contribution in [0.1, 0.15) is 17.0 Å². The molecule has 130 valence electrons. The number of hydrogen-bond donors (Lipinski definition) is 3. The maximum Gasteiger partial charge on any atom is 0.291 e. The van der Waals surface area contributed by atoms with E-state index >= 15 is 0 Å². The molecule has 2 rings (SSSR count). The molecule has 1 aromatic carbocycles. The number of rotatable bonds is 7. The maximum absolute atomic E-state index is 11.8. The van der Waals surface area contributed by atoms with Crippen molar-refractivity contribution >= 4 is 35.6 Å². The van der Waals surface area contributed by atoms with Crippen LogP contribution in [-0.4, -0.2) is 31.6 Å². The molecule has 0 radical (unpaired) electrons. The van der Waals surface area contributed by atoms with Gasteiger partial charge in [-0.1, -0.05) is 0 Å². The number of nitrogens with two attached hydrogens (primary N) is 1. The highest BCUT2D eigenvalue weighted by Crippen LogP contribution is 2.15. The number of amides is 2. The summed E-state index contributed by atoms with van der Waals surface area (Å²) in [5.74, 6) is -0.290. The van der Waals surface area contributed by atoms with Crippen LogP contribution in [0.15, 0.2) is 47.1 Å². The van der Waals surface area contributed by atoms with Crippen molar-refractivity contribution in [2.24, 2.45) is 5.73 Å². The molecule has 2 aromatic rings. The Morgan fingerprint density at radius 2 is 1.79 bits per heavy atom. The van der Waals surface area contributed by atoms with Crippen molar-refractivity contribution in [1.29, 1.82) is 0 Å². The van der Waals surface area contributed by atoms with Crippen molar-refractivity contribution < 1.29 is 18.7 Å². The number of anilines is 2. The molecule has 0 saturated carbocycles. The van der Waals surface area contributed by atoms with Crippen LogP contribution in [0.2, 0.25) is 0 Å². The van der Waals surface area contributed by atoms with Gasteiger partial charge in [-0.05, 0) is 36.4 Å². The van der Waals surface area contributed by atoms with Crippen LogP contribution in [0.5, 0.6) is 0 Å². The van der Waals surface area contributed by atoms with Crippen LogP contribution < -0.4 is 16.4 Å². The molecule has 1 heterocycles. The molecular formula is C16H20ClN3O4. The quantitative estimate of drug-likeness (QED) is 0.707. The zero-order chi connectivity index (χ0) is 16.7. The Balaban J connectivity index is 0.00000288. The first-order valence-electron chi connectivity index (χ1n) is 7.10. The fourth-order valence-corrected chi connectivity index (χ4v) is 1.92. The zero-order valence-corrected chi connectivity index (χ0v) is 14.0. The fourth-order valence-electron chi connectivity index (χ4n) is 1.92. The lowest BCUT2D eigenvalue weighted by atomic mass is 10.2. The number of carbonyl (C=O) groups excluding carboxylic acids is 2. The van der Waals surface area contributed by atoms with E-state index in [-0.39, 0.29) is 49.1 Å². The number of furan rings is 1. The first-order chi connectivity index (χ1) is 11.1. The highest BCUT2D eigenvalue weighted by molar-refractivity contribution is 6.02. The number of hydrogen-bond acceptors (Lipinski definition) is 5. The van der Waals surface area contributed by atoms with Gasteiger partial charge < -0.3 is 25.5 Å². The van der Waals surface area contributed by atoms with Crippen molar-refractivity contribution in [3.05, 3.63) is 48.4 Å². The molecule has 0 bridgehead atoms. The average molecular weight is 354 g/mol. The molecule has 1 unspecified atom stereocenters. The minimum atomic E-state index is -0.335. The van der Waals surface area contributed by atoms with E-state index in [2.05, 4.69) is 10.6 Å². The summed E-state index contributed by atoms with van der Waals surface area (Å²) in [7, 11) is 1.52. The Labute approximate surface area is 146 Å². The molecule has 0 aliphatic rings. The Morgan fingerprint density at radius 3 is 2.29 bits per heavy atom. The van der Waals surface area contributed by atoms with Gasteiger partial charge in [0, 0.05) is 25.0 Å². The van der Waals surface area contributed by atoms with E-state index in [1.807, 2.05) is 0 Å². The van der Waals surface area contributed by atoms with Gasteiger partial charge in [-0.15, -0.1) is 12.4 Å². The van der Waals surface area contributed by atoms with E-state index in [0.29, 0.717) is 11.4 Å². The molecule has 2 amide bonds. The van der Waals surface area contributed by atoms with Gasteiger partial charge in [0.2, 0.25) is 5.91 Å². The lowest BCUT2D eigenvalue weighted by Crippen LogP contribution is -2.28. The predicted molar refractivity (Wildman–Crippen MR) is 93.4 cm³/mol. The van der Waals surface area contributed by atoms with Crippen molar-refractivity contribution in [2.75, 3.05) is 24.3 Å². The first kappa shape index (κ1) is 19.7. The summed E-state index contributed by atoms with van der Waals surface area (Å²) in [6.07, 6.45) is 1.31. The van der Waals surface area contributed by atoms with Crippen LogP contribution in [0.3, 0.4) is 0 Å². The highest BCUT2D eigenvalue weighted by atomic mass is 35.5. The number of benzene rings is 1. The summed E-state index contributed by atoms with van der Waals surface area (Å²) in [5, 5.41) is 5.44. The van der Waals surface area contributed by atoms with Gasteiger partial charge in [-0.2, -0.15) is 0 Å². The van der Waals surface area contributed by atoms with Gasteiger partial charge in [0.05, 0.1) is 18.8 Å². The molecule has 1 aromatic heterocycles. The van der Waals surface area contributed by atoms with Gasteiger partial charge in [0.1, 0.15) is 0 Å². The van der Waals surface area contributed by atoms with E-state index < -0.39 is 0 Å². The minimum Gasteiger partial charge on any atom is -0.459 e. The SMILES string of the molecule is COC(CN)CC(=O)Nc1ccc(NC(=O)c2ccco2)cc1.Cl. The van der Waals surface area contributed by atoms with Gasteiger partial charge in [-0.3, -0.25) is 9.59 Å². The molecule has 0 fully saturated rings. The number of ether oxygens (including phenoxy) is 1. The van der Waals surface area contributed by atoms with Crippen LogP contribution in [0.4, 0.5) is 11.4 Å². The van der Waals surface area contributed by atoms with E-state index in [0.717, 1.165) is 0 Å². The predicted octanol–water partition coefficient (Wildman–Crippen LogP) is 2.26. The molecule has 0 saturated heterocycles. The van der Waals surface area contributed by atoms with Crippen molar-refractivity contribution in [1.82, 2.24) is 0 Å². The normalized spacial score (nSPS) is 11.2. The summed E-state index contributed by atoms with van der Waals surface area (Å²) >= 11 is 0. The lowest BCUT2D eigenvalue weighted by molar-refractivity contribution is -0.118. The standard InChI is InChI=1S/C16H19N3O4.ClH/c1-22-13(10-17)9-15(20)18-11-4-6-12(7-5-11)19-16(21)14-3-2-8-23-14;/h2-8,13H,9-10,17H2,1H3,(H,18,20)(H,19,21);1H. The third-order valence-electron chi connectivity index (χ3n) is 3.18. The molecule has 4 N–H and O–H groups in total. The molecular weight excluding hydrogens is 334 g/mol. The van der Waals surface area contributed by atoms with Crippen LogP contribution >= 0.6 is 12.4 Å². The summed E-state index contributed by atoms with van der Waals surface area (Å²) < 4.78 is 10.1. The third kappa shape index (κ3) is 5.69. The molecule has 0 spiro atoms. The molecule has 7 nitrogen and oxygen atoms in total. The van der Waals surface area contributed by atoms with Gasteiger partial charge in [0.15, 0.2) is 5.76 Å². The molecule has 0 aliphatic carbocycles. The molecule has 0 aliphatic heterocycles. The lowest BCUT2D eigenvalue weighted by Gasteiger charge is -2.12. The maximum atomic E-state index is 11.8. The summed E-state index contributed by atoms with van der Waals surface area (Å²) in [5.41, 5.74) is 6.70. The second-order valence-electron chi connectivity index (χ2n) is 4.85. The Morgan fingerprint density at radius 1 is 1.17 bits per heavy atom. The highest BCUT2D eigenvalue weighted by Gasteiger charge is 2.12. The summed E-state index contributed by atoms with van der Waals surface area (Å²) in [6.45, 7) is 0.279. The number of halogens is 1. The molecule has 1 atom stereocenters. The Kier molecular flexibility index (Phi) is 7.97. The summed E-state index contributed by atoms with van der Waals surface area (Å²) in [6, 6.07) is 9.98. The Bertz CT molecular complexity index is 640. The number of nitrogens with one attached hydrogen (secondary N) is 2. The average Bonchev–Trinajstić information content (AvgIpc) is 3.09. The van der Waals surface area contributed by atoms with Crippen molar-refractivity contribution in [2.45, 2.75) is 12.5 Å². The fraction of sp³-hybridized carbons (Fsp3) is 0.250. The van der Waals surface area contributed by atoms with Crippen LogP contribution in [0.25, 0.3) is 0 Å². The minimum absolute atomic E-state index is 0. The van der Waals surface area contributed by atoms with E-state index in [9.17, 15) is 9.59 Å². The van der Waals surface area contributed by atoms with Crippen LogP contribution in [0, 0.1) is 0 Å². The van der Waals surface area contributed by atoms with Gasteiger partial charge >= 0.3 is 0 Å². The zero-order valence-electron chi connectivity index (χ0n) is 13.2. The summed E-state index contributed by atoms with van der Waals surface area (Å²) in [4.78, 5) is 23.7. The first-order valence-corrected chi connectivity index (χ1v) is 7.10. The topological polar surface area (TPSA) is 107 Å². The smallest absolute Gasteiger partial charge is 0.291 e. The third-order valence-corrected chi connectivity index (χ3v) is 3.18. The van der Waals surface area contributed by atoms with E-state index in [4.69, 9.17) is 14.9 Å². The van der Waals surface area contributed by atoms with Gasteiger partial charge in [-0.25, -0.2) is 0 Å². The van der Waals surface area contributed by atoms with Crippen molar-refractivity contribution in [3.63, 3.8) is 0 Å². The monoisotopic (exact) mass is 353 g/mol. The second-order valence-corrected chi connectivity index (χ2v) is 4.85. The molecule has 24 heavy (non-hydrogen) atoms. The number of carbonyl (C=O) groups is 2. The second kappa shape index (κ2) is 9.71. The largest absolute Gasteiger partial charge is 0.459 e. The van der Waals surface area contributed by atoms with E-state index in [1.165, 1.54) is 13.4 Å². The number of methoxy groups -OCH3 is 1. The Hall–Kier alpha value is -2.35. The van der Waals surface area contributed by atoms with Gasteiger partial charge in [0.25, 0.3) is 5.91 Å². The van der Waals surface area contributed by atoms with Crippen LogP contribution in [-0.2, 0) is 9.53 Å². The molecule has 8 heteroatoms. The van der Waals surface area contributed by atoms with Crippen molar-refractivity contribution in [3.8, 4) is 0 Å².